The summed E-state index contributed by atoms with van der Waals surface area (Å²) in [5.41, 5.74) is 2.90. The SMILES string of the molecule is COCCOc1ccc(NS(=O)(=O)c2ccc3c(c2)CCC3)cc1. The molecule has 0 saturated carbocycles. The van der Waals surface area contributed by atoms with Crippen molar-refractivity contribution < 1.29 is 17.9 Å². The Morgan fingerprint density at radius 2 is 1.75 bits per heavy atom. The van der Waals surface area contributed by atoms with Crippen molar-refractivity contribution >= 4 is 15.7 Å². The summed E-state index contributed by atoms with van der Waals surface area (Å²) in [5.74, 6) is 0.674. The number of aryl methyl sites for hydroxylation is 2. The molecule has 0 bridgehead atoms. The molecule has 2 aromatic rings. The van der Waals surface area contributed by atoms with Crippen LogP contribution in [0.2, 0.25) is 0 Å². The molecule has 5 nitrogen and oxygen atoms in total. The summed E-state index contributed by atoms with van der Waals surface area (Å²) in [6.07, 6.45) is 3.08. The van der Waals surface area contributed by atoms with Gasteiger partial charge in [0.25, 0.3) is 10.0 Å². The van der Waals surface area contributed by atoms with Crippen molar-refractivity contribution in [2.24, 2.45) is 0 Å². The van der Waals surface area contributed by atoms with Crippen LogP contribution in [0.15, 0.2) is 47.4 Å². The minimum atomic E-state index is -3.58. The summed E-state index contributed by atoms with van der Waals surface area (Å²) >= 11 is 0. The molecule has 0 heterocycles. The van der Waals surface area contributed by atoms with Gasteiger partial charge in [0.2, 0.25) is 0 Å². The Balaban J connectivity index is 1.70. The molecule has 2 aromatic carbocycles. The van der Waals surface area contributed by atoms with E-state index in [1.807, 2.05) is 6.07 Å². The average molecular weight is 347 g/mol. The van der Waals surface area contributed by atoms with Crippen molar-refractivity contribution in [3.8, 4) is 5.75 Å². The van der Waals surface area contributed by atoms with Gasteiger partial charge in [0.1, 0.15) is 12.4 Å². The number of ether oxygens (including phenoxy) is 2. The Morgan fingerprint density at radius 3 is 2.50 bits per heavy atom. The van der Waals surface area contributed by atoms with Crippen LogP contribution in [0.25, 0.3) is 0 Å². The van der Waals surface area contributed by atoms with E-state index in [1.165, 1.54) is 5.56 Å². The van der Waals surface area contributed by atoms with E-state index in [9.17, 15) is 8.42 Å². The first kappa shape index (κ1) is 16.8. The third-order valence-corrected chi connectivity index (χ3v) is 5.42. The fraction of sp³-hybridized carbons (Fsp3) is 0.333. The lowest BCUT2D eigenvalue weighted by atomic mass is 10.1. The second-order valence-corrected chi connectivity index (χ2v) is 7.44. The fourth-order valence-corrected chi connectivity index (χ4v) is 3.90. The molecule has 0 atom stereocenters. The van der Waals surface area contributed by atoms with Gasteiger partial charge >= 0.3 is 0 Å². The maximum Gasteiger partial charge on any atom is 0.261 e. The predicted molar refractivity (Wildman–Crippen MR) is 93.1 cm³/mol. The highest BCUT2D eigenvalue weighted by Crippen LogP contribution is 2.26. The van der Waals surface area contributed by atoms with Gasteiger partial charge in [-0.1, -0.05) is 6.07 Å². The van der Waals surface area contributed by atoms with Crippen LogP contribution in [0.1, 0.15) is 17.5 Å². The average Bonchev–Trinajstić information content (AvgIpc) is 3.04. The molecule has 0 amide bonds. The van der Waals surface area contributed by atoms with Crippen LogP contribution in [0.5, 0.6) is 5.75 Å². The smallest absolute Gasteiger partial charge is 0.261 e. The minimum absolute atomic E-state index is 0.309. The number of fused-ring (bicyclic) bond motifs is 1. The minimum Gasteiger partial charge on any atom is -0.491 e. The fourth-order valence-electron chi connectivity index (χ4n) is 2.79. The molecule has 0 spiro atoms. The normalized spacial score (nSPS) is 13.5. The van der Waals surface area contributed by atoms with E-state index in [-0.39, 0.29) is 0 Å². The molecular formula is C18H21NO4S. The van der Waals surface area contributed by atoms with Crippen LogP contribution < -0.4 is 9.46 Å². The second kappa shape index (κ2) is 7.23. The highest BCUT2D eigenvalue weighted by molar-refractivity contribution is 7.92. The zero-order valence-corrected chi connectivity index (χ0v) is 14.4. The van der Waals surface area contributed by atoms with Gasteiger partial charge in [-0.15, -0.1) is 0 Å². The molecule has 0 saturated heterocycles. The third kappa shape index (κ3) is 3.88. The van der Waals surface area contributed by atoms with Crippen LogP contribution in [0.3, 0.4) is 0 Å². The van der Waals surface area contributed by atoms with Crippen LogP contribution in [-0.2, 0) is 27.6 Å². The van der Waals surface area contributed by atoms with Crippen LogP contribution in [-0.4, -0.2) is 28.7 Å². The largest absolute Gasteiger partial charge is 0.491 e. The van der Waals surface area contributed by atoms with E-state index >= 15 is 0 Å². The Bertz CT molecular complexity index is 800. The summed E-state index contributed by atoms with van der Waals surface area (Å²) in [7, 11) is -1.97. The zero-order valence-electron chi connectivity index (χ0n) is 13.6. The highest BCUT2D eigenvalue weighted by atomic mass is 32.2. The van der Waals surface area contributed by atoms with Gasteiger partial charge in [0.05, 0.1) is 11.5 Å². The summed E-state index contributed by atoms with van der Waals surface area (Å²) in [6, 6.07) is 12.2. The Hall–Kier alpha value is -2.05. The van der Waals surface area contributed by atoms with Gasteiger partial charge in [-0.05, 0) is 66.8 Å². The maximum atomic E-state index is 12.5. The molecule has 128 valence electrons. The second-order valence-electron chi connectivity index (χ2n) is 5.76. The zero-order chi connectivity index (χ0) is 17.0. The van der Waals surface area contributed by atoms with E-state index in [4.69, 9.17) is 9.47 Å². The first-order valence-corrected chi connectivity index (χ1v) is 9.43. The van der Waals surface area contributed by atoms with Crippen LogP contribution >= 0.6 is 0 Å². The number of hydrogen-bond donors (Lipinski definition) is 1. The van der Waals surface area contributed by atoms with Crippen molar-refractivity contribution in [3.63, 3.8) is 0 Å². The van der Waals surface area contributed by atoms with Gasteiger partial charge < -0.3 is 9.47 Å². The van der Waals surface area contributed by atoms with Crippen molar-refractivity contribution in [2.45, 2.75) is 24.2 Å². The van der Waals surface area contributed by atoms with Crippen molar-refractivity contribution in [2.75, 3.05) is 25.0 Å². The van der Waals surface area contributed by atoms with E-state index in [1.54, 1.807) is 43.5 Å². The first-order chi connectivity index (χ1) is 11.6. The van der Waals surface area contributed by atoms with Crippen molar-refractivity contribution in [1.29, 1.82) is 0 Å². The van der Waals surface area contributed by atoms with E-state index in [0.29, 0.717) is 29.5 Å². The third-order valence-electron chi connectivity index (χ3n) is 4.04. The summed E-state index contributed by atoms with van der Waals surface area (Å²) in [6.45, 7) is 0.962. The van der Waals surface area contributed by atoms with Crippen molar-refractivity contribution in [3.05, 3.63) is 53.6 Å². The number of hydrogen-bond acceptors (Lipinski definition) is 4. The molecular weight excluding hydrogens is 326 g/mol. The van der Waals surface area contributed by atoms with E-state index in [2.05, 4.69) is 4.72 Å². The number of sulfonamides is 1. The molecule has 0 aliphatic heterocycles. The standard InChI is InChI=1S/C18H21NO4S/c1-22-11-12-23-17-8-6-16(7-9-17)19-24(20,21)18-10-5-14-3-2-4-15(14)13-18/h5-10,13,19H,2-4,11-12H2,1H3. The number of anilines is 1. The molecule has 0 unspecified atom stereocenters. The molecule has 24 heavy (non-hydrogen) atoms. The molecule has 0 radical (unpaired) electrons. The molecule has 1 aliphatic carbocycles. The highest BCUT2D eigenvalue weighted by Gasteiger charge is 2.18. The van der Waals surface area contributed by atoms with E-state index < -0.39 is 10.0 Å². The van der Waals surface area contributed by atoms with Crippen LogP contribution in [0.4, 0.5) is 5.69 Å². The quantitative estimate of drug-likeness (QED) is 0.782. The lowest BCUT2D eigenvalue weighted by Crippen LogP contribution is -2.13. The summed E-state index contributed by atoms with van der Waals surface area (Å²) < 4.78 is 38.1. The summed E-state index contributed by atoms with van der Waals surface area (Å²) in [5, 5.41) is 0. The van der Waals surface area contributed by atoms with Gasteiger partial charge in [0, 0.05) is 12.8 Å². The number of nitrogens with one attached hydrogen (secondary N) is 1. The maximum absolute atomic E-state index is 12.5. The van der Waals surface area contributed by atoms with E-state index in [0.717, 1.165) is 24.8 Å². The molecule has 1 aliphatic rings. The van der Waals surface area contributed by atoms with Gasteiger partial charge in [0.15, 0.2) is 0 Å². The van der Waals surface area contributed by atoms with Gasteiger partial charge in [-0.3, -0.25) is 4.72 Å². The lowest BCUT2D eigenvalue weighted by Gasteiger charge is -2.11. The molecule has 6 heteroatoms. The Kier molecular flexibility index (Phi) is 5.06. The van der Waals surface area contributed by atoms with Gasteiger partial charge in [-0.2, -0.15) is 0 Å². The number of rotatable bonds is 7. The monoisotopic (exact) mass is 347 g/mol. The summed E-state index contributed by atoms with van der Waals surface area (Å²) in [4.78, 5) is 0.309. The molecule has 0 aromatic heterocycles. The molecule has 1 N–H and O–H groups in total. The number of benzene rings is 2. The van der Waals surface area contributed by atoms with Gasteiger partial charge in [-0.25, -0.2) is 8.42 Å². The van der Waals surface area contributed by atoms with Crippen molar-refractivity contribution in [1.82, 2.24) is 0 Å². The Morgan fingerprint density at radius 1 is 1.00 bits per heavy atom. The topological polar surface area (TPSA) is 64.6 Å². The lowest BCUT2D eigenvalue weighted by molar-refractivity contribution is 0.146. The molecule has 3 rings (SSSR count). The predicted octanol–water partition coefficient (Wildman–Crippen LogP) is 3.00. The molecule has 0 fully saturated rings. The number of methoxy groups -OCH3 is 1. The van der Waals surface area contributed by atoms with Crippen LogP contribution in [0, 0.1) is 0 Å². The Labute approximate surface area is 142 Å². The first-order valence-electron chi connectivity index (χ1n) is 7.95.